The van der Waals surface area contributed by atoms with Crippen molar-refractivity contribution in [3.63, 3.8) is 0 Å². The lowest BCUT2D eigenvalue weighted by atomic mass is 10.2. The van der Waals surface area contributed by atoms with Crippen molar-refractivity contribution in [2.45, 2.75) is 0 Å². The summed E-state index contributed by atoms with van der Waals surface area (Å²) in [5.74, 6) is 0.696. The van der Waals surface area contributed by atoms with E-state index in [2.05, 4.69) is 4.98 Å². The van der Waals surface area contributed by atoms with Crippen LogP contribution in [0.1, 0.15) is 10.5 Å². The molecule has 1 amide bonds. The van der Waals surface area contributed by atoms with Crippen molar-refractivity contribution in [2.75, 3.05) is 19.1 Å². The van der Waals surface area contributed by atoms with E-state index in [0.29, 0.717) is 5.69 Å². The number of aromatic nitrogens is 1. The van der Waals surface area contributed by atoms with Crippen LogP contribution >= 0.6 is 0 Å². The zero-order valence-corrected chi connectivity index (χ0v) is 12.0. The number of para-hydroxylation sites is 1. The third-order valence-electron chi connectivity index (χ3n) is 3.52. The molecule has 0 spiro atoms. The van der Waals surface area contributed by atoms with Crippen molar-refractivity contribution in [2.24, 2.45) is 0 Å². The Balaban J connectivity index is 1.89. The van der Waals surface area contributed by atoms with Crippen LogP contribution in [0.2, 0.25) is 0 Å². The molecule has 0 fully saturated rings. The number of aromatic amines is 1. The highest BCUT2D eigenvalue weighted by molar-refractivity contribution is 6.07. The van der Waals surface area contributed by atoms with Gasteiger partial charge in [0.25, 0.3) is 5.91 Å². The second-order valence-electron chi connectivity index (χ2n) is 4.83. The molecule has 2 aromatic carbocycles. The summed E-state index contributed by atoms with van der Waals surface area (Å²) >= 11 is 0. The Bertz CT molecular complexity index is 742. The smallest absolute Gasteiger partial charge is 0.274 e. The summed E-state index contributed by atoms with van der Waals surface area (Å²) in [6.07, 6.45) is 0. The van der Waals surface area contributed by atoms with E-state index in [-0.39, 0.29) is 5.91 Å². The first-order chi connectivity index (χ1) is 10.2. The lowest BCUT2D eigenvalue weighted by Gasteiger charge is -2.16. The molecule has 0 radical (unpaired) electrons. The van der Waals surface area contributed by atoms with Gasteiger partial charge in [-0.2, -0.15) is 0 Å². The Morgan fingerprint density at radius 1 is 1.10 bits per heavy atom. The van der Waals surface area contributed by atoms with Gasteiger partial charge < -0.3 is 14.6 Å². The number of fused-ring (bicyclic) bond motifs is 1. The van der Waals surface area contributed by atoms with Crippen molar-refractivity contribution in [1.29, 1.82) is 0 Å². The van der Waals surface area contributed by atoms with Crippen molar-refractivity contribution in [1.82, 2.24) is 4.98 Å². The summed E-state index contributed by atoms with van der Waals surface area (Å²) in [5.41, 5.74) is 2.36. The second-order valence-corrected chi connectivity index (χ2v) is 4.83. The van der Waals surface area contributed by atoms with Crippen LogP contribution in [0.4, 0.5) is 5.69 Å². The maximum atomic E-state index is 12.5. The van der Waals surface area contributed by atoms with Gasteiger partial charge in [-0.15, -0.1) is 0 Å². The number of nitrogens with one attached hydrogen (secondary N) is 1. The number of anilines is 1. The molecule has 0 saturated heterocycles. The van der Waals surface area contributed by atoms with E-state index in [0.717, 1.165) is 22.3 Å². The predicted molar refractivity (Wildman–Crippen MR) is 84.0 cm³/mol. The first-order valence-corrected chi connectivity index (χ1v) is 6.69. The van der Waals surface area contributed by atoms with Gasteiger partial charge in [-0.25, -0.2) is 0 Å². The fraction of sp³-hybridized carbons (Fsp3) is 0.118. The Hall–Kier alpha value is -2.75. The van der Waals surface area contributed by atoms with Crippen molar-refractivity contribution in [3.05, 3.63) is 60.3 Å². The minimum absolute atomic E-state index is 0.0728. The summed E-state index contributed by atoms with van der Waals surface area (Å²) in [7, 11) is 3.38. The molecule has 3 rings (SSSR count). The molecule has 0 aliphatic carbocycles. The number of nitrogens with zero attached hydrogens (tertiary/aromatic N) is 1. The summed E-state index contributed by atoms with van der Waals surface area (Å²) in [5, 5.41) is 1.03. The highest BCUT2D eigenvalue weighted by atomic mass is 16.5. The largest absolute Gasteiger partial charge is 0.497 e. The van der Waals surface area contributed by atoms with Crippen LogP contribution in [0.15, 0.2) is 54.6 Å². The number of carbonyl (C=O) groups is 1. The van der Waals surface area contributed by atoms with E-state index in [1.165, 1.54) is 0 Å². The highest BCUT2D eigenvalue weighted by Crippen LogP contribution is 2.21. The minimum Gasteiger partial charge on any atom is -0.497 e. The lowest BCUT2D eigenvalue weighted by molar-refractivity contribution is 0.0989. The standard InChI is InChI=1S/C17H16N2O2/c1-19(13-7-9-14(21-2)10-8-13)17(20)16-11-12-5-3-4-6-15(12)18-16/h3-11,18H,1-2H3. The quantitative estimate of drug-likeness (QED) is 0.798. The predicted octanol–water partition coefficient (Wildman–Crippen LogP) is 3.45. The summed E-state index contributed by atoms with van der Waals surface area (Å²) in [6.45, 7) is 0. The number of amides is 1. The number of carbonyl (C=O) groups excluding carboxylic acids is 1. The van der Waals surface area contributed by atoms with Gasteiger partial charge in [0.15, 0.2) is 0 Å². The summed E-state index contributed by atoms with van der Waals surface area (Å²) < 4.78 is 5.12. The highest BCUT2D eigenvalue weighted by Gasteiger charge is 2.15. The average molecular weight is 280 g/mol. The third-order valence-corrected chi connectivity index (χ3v) is 3.52. The number of benzene rings is 2. The van der Waals surface area contributed by atoms with Gasteiger partial charge in [0, 0.05) is 23.6 Å². The Morgan fingerprint density at radius 2 is 1.81 bits per heavy atom. The molecule has 0 saturated carbocycles. The van der Waals surface area contributed by atoms with Crippen LogP contribution in [0.25, 0.3) is 10.9 Å². The second kappa shape index (κ2) is 5.32. The molecule has 1 heterocycles. The fourth-order valence-corrected chi connectivity index (χ4v) is 2.29. The van der Waals surface area contributed by atoms with Crippen LogP contribution < -0.4 is 9.64 Å². The average Bonchev–Trinajstić information content (AvgIpc) is 2.97. The molecule has 4 heteroatoms. The van der Waals surface area contributed by atoms with E-state index in [1.807, 2.05) is 54.6 Å². The van der Waals surface area contributed by atoms with E-state index >= 15 is 0 Å². The molecule has 1 N–H and O–H groups in total. The summed E-state index contributed by atoms with van der Waals surface area (Å²) in [6, 6.07) is 17.1. The van der Waals surface area contributed by atoms with Crippen LogP contribution in [-0.2, 0) is 0 Å². The number of H-pyrrole nitrogens is 1. The SMILES string of the molecule is COc1ccc(N(C)C(=O)c2cc3ccccc3[nH]2)cc1. The van der Waals surface area contributed by atoms with Gasteiger partial charge in [0.05, 0.1) is 7.11 Å². The van der Waals surface area contributed by atoms with Crippen molar-refractivity contribution in [3.8, 4) is 5.75 Å². The van der Waals surface area contributed by atoms with Crippen LogP contribution in [-0.4, -0.2) is 25.0 Å². The molecule has 21 heavy (non-hydrogen) atoms. The normalized spacial score (nSPS) is 10.6. The lowest BCUT2D eigenvalue weighted by Crippen LogP contribution is -2.26. The van der Waals surface area contributed by atoms with Crippen molar-refractivity contribution < 1.29 is 9.53 Å². The van der Waals surface area contributed by atoms with Gasteiger partial charge in [-0.3, -0.25) is 4.79 Å². The fourth-order valence-electron chi connectivity index (χ4n) is 2.29. The Kier molecular flexibility index (Phi) is 3.36. The maximum absolute atomic E-state index is 12.5. The molecule has 0 aliphatic rings. The summed E-state index contributed by atoms with van der Waals surface area (Å²) in [4.78, 5) is 17.3. The Labute approximate surface area is 123 Å². The third kappa shape index (κ3) is 2.48. The van der Waals surface area contributed by atoms with Crippen molar-refractivity contribution >= 4 is 22.5 Å². The first-order valence-electron chi connectivity index (χ1n) is 6.69. The van der Waals surface area contributed by atoms with Gasteiger partial charge >= 0.3 is 0 Å². The van der Waals surface area contributed by atoms with Gasteiger partial charge in [0.1, 0.15) is 11.4 Å². The maximum Gasteiger partial charge on any atom is 0.274 e. The van der Waals surface area contributed by atoms with Crippen LogP contribution in [0.5, 0.6) is 5.75 Å². The molecule has 4 nitrogen and oxygen atoms in total. The molecule has 3 aromatic rings. The molecule has 0 atom stereocenters. The molecule has 106 valence electrons. The first kappa shape index (κ1) is 13.2. The number of rotatable bonds is 3. The van der Waals surface area contributed by atoms with E-state index in [1.54, 1.807) is 19.1 Å². The number of ether oxygens (including phenoxy) is 1. The minimum atomic E-state index is -0.0728. The molecule has 0 bridgehead atoms. The molecular formula is C17H16N2O2. The zero-order valence-electron chi connectivity index (χ0n) is 12.0. The number of hydrogen-bond donors (Lipinski definition) is 1. The zero-order chi connectivity index (χ0) is 14.8. The molecule has 0 aliphatic heterocycles. The molecule has 0 unspecified atom stereocenters. The Morgan fingerprint density at radius 3 is 2.48 bits per heavy atom. The van der Waals surface area contributed by atoms with Crippen LogP contribution in [0.3, 0.4) is 0 Å². The molecular weight excluding hydrogens is 264 g/mol. The van der Waals surface area contributed by atoms with Gasteiger partial charge in [0.2, 0.25) is 0 Å². The van der Waals surface area contributed by atoms with E-state index in [9.17, 15) is 4.79 Å². The van der Waals surface area contributed by atoms with Gasteiger partial charge in [-0.05, 0) is 36.4 Å². The number of hydrogen-bond acceptors (Lipinski definition) is 2. The van der Waals surface area contributed by atoms with E-state index in [4.69, 9.17) is 4.74 Å². The number of methoxy groups -OCH3 is 1. The van der Waals surface area contributed by atoms with Crippen LogP contribution in [0, 0.1) is 0 Å². The molecule has 1 aromatic heterocycles. The van der Waals surface area contributed by atoms with Gasteiger partial charge in [-0.1, -0.05) is 18.2 Å². The monoisotopic (exact) mass is 280 g/mol. The van der Waals surface area contributed by atoms with E-state index < -0.39 is 0 Å². The topological polar surface area (TPSA) is 45.3 Å².